The van der Waals surface area contributed by atoms with Crippen LogP contribution in [0.2, 0.25) is 0 Å². The number of hydrogen-bond donors (Lipinski definition) is 2. The predicted molar refractivity (Wildman–Crippen MR) is 78.5 cm³/mol. The van der Waals surface area contributed by atoms with Gasteiger partial charge >= 0.3 is 0 Å². The van der Waals surface area contributed by atoms with E-state index in [2.05, 4.69) is 5.32 Å². The molecule has 1 aromatic carbocycles. The van der Waals surface area contributed by atoms with Gasteiger partial charge in [-0.25, -0.2) is 13.6 Å². The Kier molecular flexibility index (Phi) is 4.77. The molecule has 0 unspecified atom stereocenters. The number of nitrogens with one attached hydrogen (secondary N) is 1. The molecule has 1 fully saturated rings. The van der Waals surface area contributed by atoms with E-state index in [1.165, 1.54) is 6.42 Å². The van der Waals surface area contributed by atoms with Crippen LogP contribution in [-0.2, 0) is 20.6 Å². The van der Waals surface area contributed by atoms with Gasteiger partial charge in [-0.1, -0.05) is 31.4 Å². The Hall–Kier alpha value is -1.40. The van der Waals surface area contributed by atoms with Crippen molar-refractivity contribution in [3.8, 4) is 0 Å². The van der Waals surface area contributed by atoms with Crippen molar-refractivity contribution in [1.29, 1.82) is 0 Å². The van der Waals surface area contributed by atoms with Crippen LogP contribution in [0.3, 0.4) is 0 Å². The van der Waals surface area contributed by atoms with Gasteiger partial charge in [-0.05, 0) is 30.5 Å². The minimum Gasteiger partial charge on any atom is -0.326 e. The Morgan fingerprint density at radius 2 is 1.75 bits per heavy atom. The van der Waals surface area contributed by atoms with Crippen LogP contribution in [0.25, 0.3) is 0 Å². The Bertz CT molecular complexity index is 561. The molecule has 0 saturated heterocycles. The number of sulfonamides is 1. The van der Waals surface area contributed by atoms with Gasteiger partial charge < -0.3 is 5.32 Å². The monoisotopic (exact) mass is 296 g/mol. The Balaban J connectivity index is 1.94. The van der Waals surface area contributed by atoms with Crippen LogP contribution in [0.4, 0.5) is 5.69 Å². The van der Waals surface area contributed by atoms with E-state index in [1.807, 2.05) is 0 Å². The Morgan fingerprint density at radius 1 is 1.15 bits per heavy atom. The molecule has 0 radical (unpaired) electrons. The largest absolute Gasteiger partial charge is 0.326 e. The van der Waals surface area contributed by atoms with Crippen LogP contribution >= 0.6 is 0 Å². The number of benzene rings is 1. The first-order valence-corrected chi connectivity index (χ1v) is 8.56. The minimum absolute atomic E-state index is 0.0592. The molecule has 2 rings (SSSR count). The fourth-order valence-corrected chi connectivity index (χ4v) is 3.18. The highest BCUT2D eigenvalue weighted by atomic mass is 32.2. The van der Waals surface area contributed by atoms with Gasteiger partial charge in [-0.2, -0.15) is 0 Å². The molecule has 0 aliphatic heterocycles. The molecule has 6 heteroatoms. The molecular formula is C14H20N2O3S. The number of carbonyl (C=O) groups is 1. The molecule has 110 valence electrons. The number of nitrogens with two attached hydrogens (primary N) is 1. The average Bonchev–Trinajstić information content (AvgIpc) is 2.40. The predicted octanol–water partition coefficient (Wildman–Crippen LogP) is 1.99. The number of carbonyl (C=O) groups excluding carboxylic acids is 1. The second-order valence-corrected chi connectivity index (χ2v) is 6.94. The maximum absolute atomic E-state index is 12.1. The zero-order chi connectivity index (χ0) is 14.6. The third kappa shape index (κ3) is 4.61. The van der Waals surface area contributed by atoms with E-state index in [-0.39, 0.29) is 17.6 Å². The first-order valence-electron chi connectivity index (χ1n) is 6.84. The van der Waals surface area contributed by atoms with Crippen molar-refractivity contribution in [2.45, 2.75) is 37.9 Å². The van der Waals surface area contributed by atoms with Gasteiger partial charge in [0.05, 0.1) is 5.75 Å². The van der Waals surface area contributed by atoms with Crippen LogP contribution in [0, 0.1) is 5.92 Å². The third-order valence-corrected chi connectivity index (χ3v) is 4.30. The summed E-state index contributed by atoms with van der Waals surface area (Å²) < 4.78 is 22.0. The molecule has 1 saturated carbocycles. The summed E-state index contributed by atoms with van der Waals surface area (Å²) in [5.74, 6) is -0.0270. The molecular weight excluding hydrogens is 276 g/mol. The second-order valence-electron chi connectivity index (χ2n) is 5.33. The zero-order valence-electron chi connectivity index (χ0n) is 11.3. The van der Waals surface area contributed by atoms with Crippen LogP contribution in [0.5, 0.6) is 0 Å². The fraction of sp³-hybridized carbons (Fsp3) is 0.500. The number of amides is 1. The lowest BCUT2D eigenvalue weighted by Crippen LogP contribution is -2.24. The molecule has 1 aliphatic rings. The van der Waals surface area contributed by atoms with Crippen molar-refractivity contribution >= 4 is 21.6 Å². The lowest BCUT2D eigenvalue weighted by Gasteiger charge is -2.20. The number of primary sulfonamides is 1. The van der Waals surface area contributed by atoms with Gasteiger partial charge in [0.1, 0.15) is 0 Å². The summed E-state index contributed by atoms with van der Waals surface area (Å²) in [6, 6.07) is 6.75. The third-order valence-electron chi connectivity index (χ3n) is 3.57. The number of hydrogen-bond acceptors (Lipinski definition) is 3. The SMILES string of the molecule is NS(=O)(=O)Cc1ccc(NC(=O)C2CCCCC2)cc1. The Morgan fingerprint density at radius 3 is 2.30 bits per heavy atom. The minimum atomic E-state index is -3.52. The molecule has 3 N–H and O–H groups in total. The van der Waals surface area contributed by atoms with E-state index in [0.717, 1.165) is 25.7 Å². The molecule has 5 nitrogen and oxygen atoms in total. The standard InChI is InChI=1S/C14H20N2O3S/c15-20(18,19)10-11-6-8-13(9-7-11)16-14(17)12-4-2-1-3-5-12/h6-9,12H,1-5,10H2,(H,16,17)(H2,15,18,19). The molecule has 0 heterocycles. The lowest BCUT2D eigenvalue weighted by atomic mass is 9.88. The van der Waals surface area contributed by atoms with Gasteiger partial charge in [0.15, 0.2) is 0 Å². The van der Waals surface area contributed by atoms with Crippen molar-refractivity contribution in [3.05, 3.63) is 29.8 Å². The molecule has 1 aliphatic carbocycles. The molecule has 0 aromatic heterocycles. The van der Waals surface area contributed by atoms with Crippen molar-refractivity contribution in [2.75, 3.05) is 5.32 Å². The summed E-state index contributed by atoms with van der Waals surface area (Å²) in [6.07, 6.45) is 5.35. The summed E-state index contributed by atoms with van der Waals surface area (Å²) in [7, 11) is -3.52. The molecule has 20 heavy (non-hydrogen) atoms. The smallest absolute Gasteiger partial charge is 0.227 e. The fourth-order valence-electron chi connectivity index (χ4n) is 2.53. The maximum atomic E-state index is 12.1. The zero-order valence-corrected chi connectivity index (χ0v) is 12.2. The van der Waals surface area contributed by atoms with Crippen LogP contribution < -0.4 is 10.5 Å². The molecule has 0 bridgehead atoms. The van der Waals surface area contributed by atoms with E-state index in [1.54, 1.807) is 24.3 Å². The first-order chi connectivity index (χ1) is 9.44. The molecule has 0 atom stereocenters. The topological polar surface area (TPSA) is 89.3 Å². The van der Waals surface area contributed by atoms with Crippen LogP contribution in [0.1, 0.15) is 37.7 Å². The van der Waals surface area contributed by atoms with Crippen molar-refractivity contribution in [3.63, 3.8) is 0 Å². The van der Waals surface area contributed by atoms with Gasteiger partial charge in [0, 0.05) is 11.6 Å². The van der Waals surface area contributed by atoms with Gasteiger partial charge in [-0.15, -0.1) is 0 Å². The van der Waals surface area contributed by atoms with Crippen molar-refractivity contribution in [2.24, 2.45) is 11.1 Å². The summed E-state index contributed by atoms with van der Waals surface area (Å²) in [4.78, 5) is 12.1. The van der Waals surface area contributed by atoms with Crippen molar-refractivity contribution in [1.82, 2.24) is 0 Å². The summed E-state index contributed by atoms with van der Waals surface area (Å²) >= 11 is 0. The highest BCUT2D eigenvalue weighted by Gasteiger charge is 2.20. The highest BCUT2D eigenvalue weighted by molar-refractivity contribution is 7.88. The van der Waals surface area contributed by atoms with Crippen LogP contribution in [-0.4, -0.2) is 14.3 Å². The Labute approximate surface area is 119 Å². The van der Waals surface area contributed by atoms with E-state index < -0.39 is 10.0 Å². The van der Waals surface area contributed by atoms with Gasteiger partial charge in [-0.3, -0.25) is 4.79 Å². The quantitative estimate of drug-likeness (QED) is 0.890. The second kappa shape index (κ2) is 6.37. The first kappa shape index (κ1) is 15.0. The number of anilines is 1. The van der Waals surface area contributed by atoms with E-state index in [9.17, 15) is 13.2 Å². The normalized spacial score (nSPS) is 16.9. The number of rotatable bonds is 4. The highest BCUT2D eigenvalue weighted by Crippen LogP contribution is 2.25. The molecule has 1 aromatic rings. The van der Waals surface area contributed by atoms with Gasteiger partial charge in [0.25, 0.3) is 0 Å². The molecule has 0 spiro atoms. The summed E-state index contributed by atoms with van der Waals surface area (Å²) in [5, 5.41) is 7.87. The van der Waals surface area contributed by atoms with E-state index >= 15 is 0 Å². The molecule has 1 amide bonds. The maximum Gasteiger partial charge on any atom is 0.227 e. The summed E-state index contributed by atoms with van der Waals surface area (Å²) in [5.41, 5.74) is 1.31. The van der Waals surface area contributed by atoms with E-state index in [0.29, 0.717) is 11.3 Å². The summed E-state index contributed by atoms with van der Waals surface area (Å²) in [6.45, 7) is 0. The lowest BCUT2D eigenvalue weighted by molar-refractivity contribution is -0.120. The van der Waals surface area contributed by atoms with Crippen molar-refractivity contribution < 1.29 is 13.2 Å². The van der Waals surface area contributed by atoms with Crippen LogP contribution in [0.15, 0.2) is 24.3 Å². The van der Waals surface area contributed by atoms with E-state index in [4.69, 9.17) is 5.14 Å². The van der Waals surface area contributed by atoms with Gasteiger partial charge in [0.2, 0.25) is 15.9 Å². The average molecular weight is 296 g/mol.